The number of benzene rings is 3. The van der Waals surface area contributed by atoms with Crippen molar-refractivity contribution in [2.45, 2.75) is 12.8 Å². The van der Waals surface area contributed by atoms with Gasteiger partial charge in [0.2, 0.25) is 5.91 Å². The number of fused-ring (bicyclic) bond motifs is 2. The van der Waals surface area contributed by atoms with Crippen LogP contribution in [0.2, 0.25) is 0 Å². The van der Waals surface area contributed by atoms with Crippen LogP contribution in [0.3, 0.4) is 0 Å². The van der Waals surface area contributed by atoms with Gasteiger partial charge in [-0.2, -0.15) is 5.10 Å². The minimum Gasteiger partial charge on any atom is -0.326 e. The van der Waals surface area contributed by atoms with Crippen molar-refractivity contribution in [3.63, 3.8) is 0 Å². The van der Waals surface area contributed by atoms with Crippen molar-refractivity contribution >= 4 is 33.3 Å². The number of hydrogen-bond acceptors (Lipinski definition) is 3. The maximum Gasteiger partial charge on any atom is 0.227 e. The number of anilines is 1. The maximum absolute atomic E-state index is 12.6. The molecule has 28 heavy (non-hydrogen) atoms. The van der Waals surface area contributed by atoms with Gasteiger partial charge >= 0.3 is 0 Å². The second kappa shape index (κ2) is 7.09. The highest BCUT2D eigenvalue weighted by molar-refractivity contribution is 6.00. The lowest BCUT2D eigenvalue weighted by Crippen LogP contribution is -2.34. The largest absolute Gasteiger partial charge is 0.326 e. The molecule has 1 aromatic heterocycles. The standard InChI is InChI=1S/C23H22N4O/c28-23(16-9-11-24-12-10-16)25-19-7-8-21-20(14-19)22(27-26-21)18-6-5-15-3-1-2-4-17(15)13-18/h1-8,13-14,16,24H,9-12H2,(H,25,28)(H,26,27). The van der Waals surface area contributed by atoms with E-state index in [0.717, 1.165) is 53.8 Å². The fourth-order valence-electron chi connectivity index (χ4n) is 3.98. The molecule has 0 spiro atoms. The van der Waals surface area contributed by atoms with Gasteiger partial charge in [0.05, 0.1) is 11.2 Å². The summed E-state index contributed by atoms with van der Waals surface area (Å²) in [6, 6.07) is 20.6. The molecule has 5 nitrogen and oxygen atoms in total. The van der Waals surface area contributed by atoms with E-state index in [2.05, 4.69) is 51.2 Å². The molecule has 0 aliphatic carbocycles. The molecule has 0 radical (unpaired) electrons. The summed E-state index contributed by atoms with van der Waals surface area (Å²) in [5, 5.41) is 17.4. The lowest BCUT2D eigenvalue weighted by atomic mass is 9.97. The van der Waals surface area contributed by atoms with Gasteiger partial charge in [-0.25, -0.2) is 0 Å². The zero-order chi connectivity index (χ0) is 18.9. The highest BCUT2D eigenvalue weighted by Gasteiger charge is 2.21. The number of nitrogens with zero attached hydrogens (tertiary/aromatic N) is 1. The summed E-state index contributed by atoms with van der Waals surface area (Å²) in [7, 11) is 0. The third-order valence-electron chi connectivity index (χ3n) is 5.56. The molecule has 1 aliphatic heterocycles. The molecule has 1 amide bonds. The molecule has 1 aliphatic rings. The van der Waals surface area contributed by atoms with E-state index in [1.165, 1.54) is 10.8 Å². The summed E-state index contributed by atoms with van der Waals surface area (Å²) >= 11 is 0. The molecule has 5 heteroatoms. The second-order valence-electron chi connectivity index (χ2n) is 7.41. The summed E-state index contributed by atoms with van der Waals surface area (Å²) < 4.78 is 0. The Morgan fingerprint density at radius 2 is 1.79 bits per heavy atom. The first kappa shape index (κ1) is 17.0. The van der Waals surface area contributed by atoms with Gasteiger partial charge in [-0.05, 0) is 61.0 Å². The van der Waals surface area contributed by atoms with Crippen LogP contribution in [0.15, 0.2) is 60.7 Å². The van der Waals surface area contributed by atoms with E-state index in [9.17, 15) is 4.79 Å². The maximum atomic E-state index is 12.6. The van der Waals surface area contributed by atoms with Gasteiger partial charge in [-0.1, -0.05) is 36.4 Å². The average Bonchev–Trinajstić information content (AvgIpc) is 3.17. The van der Waals surface area contributed by atoms with E-state index in [1.54, 1.807) is 0 Å². The fraction of sp³-hybridized carbons (Fsp3) is 0.217. The Balaban J connectivity index is 1.48. The van der Waals surface area contributed by atoms with Crippen LogP contribution in [-0.4, -0.2) is 29.2 Å². The molecular formula is C23H22N4O. The van der Waals surface area contributed by atoms with E-state index in [1.807, 2.05) is 30.3 Å². The molecule has 4 aromatic rings. The number of aromatic amines is 1. The van der Waals surface area contributed by atoms with Crippen LogP contribution in [0.5, 0.6) is 0 Å². The predicted molar refractivity (Wildman–Crippen MR) is 113 cm³/mol. The molecule has 0 saturated carbocycles. The summed E-state index contributed by atoms with van der Waals surface area (Å²) in [5.74, 6) is 0.192. The van der Waals surface area contributed by atoms with E-state index in [0.29, 0.717) is 0 Å². The summed E-state index contributed by atoms with van der Waals surface area (Å²) in [4.78, 5) is 12.6. The molecule has 140 valence electrons. The number of carbonyl (C=O) groups excluding carboxylic acids is 1. The molecule has 5 rings (SSSR count). The van der Waals surface area contributed by atoms with E-state index >= 15 is 0 Å². The van der Waals surface area contributed by atoms with Crippen LogP contribution >= 0.6 is 0 Å². The van der Waals surface area contributed by atoms with Crippen molar-refractivity contribution < 1.29 is 4.79 Å². The first-order chi connectivity index (χ1) is 13.8. The lowest BCUT2D eigenvalue weighted by molar-refractivity contribution is -0.120. The van der Waals surface area contributed by atoms with E-state index in [-0.39, 0.29) is 11.8 Å². The topological polar surface area (TPSA) is 69.8 Å². The Kier molecular flexibility index (Phi) is 4.29. The molecule has 0 unspecified atom stereocenters. The van der Waals surface area contributed by atoms with Gasteiger partial charge in [0.15, 0.2) is 0 Å². The number of piperidine rings is 1. The van der Waals surface area contributed by atoms with Crippen LogP contribution in [0.1, 0.15) is 12.8 Å². The average molecular weight is 370 g/mol. The van der Waals surface area contributed by atoms with Crippen molar-refractivity contribution in [2.75, 3.05) is 18.4 Å². The fourth-order valence-corrected chi connectivity index (χ4v) is 3.98. The minimum atomic E-state index is 0.0845. The van der Waals surface area contributed by atoms with Gasteiger partial charge < -0.3 is 10.6 Å². The summed E-state index contributed by atoms with van der Waals surface area (Å²) in [6.45, 7) is 1.82. The van der Waals surface area contributed by atoms with Gasteiger partial charge in [-0.15, -0.1) is 0 Å². The monoisotopic (exact) mass is 370 g/mol. The quantitative estimate of drug-likeness (QED) is 0.503. The Bertz CT molecular complexity index is 1160. The van der Waals surface area contributed by atoms with E-state index < -0.39 is 0 Å². The van der Waals surface area contributed by atoms with Crippen molar-refractivity contribution in [3.8, 4) is 11.3 Å². The number of hydrogen-bond donors (Lipinski definition) is 3. The van der Waals surface area contributed by atoms with Crippen molar-refractivity contribution in [3.05, 3.63) is 60.7 Å². The normalized spacial score (nSPS) is 15.1. The summed E-state index contributed by atoms with van der Waals surface area (Å²) in [5.41, 5.74) is 3.74. The highest BCUT2D eigenvalue weighted by atomic mass is 16.1. The van der Waals surface area contributed by atoms with Crippen molar-refractivity contribution in [2.24, 2.45) is 5.92 Å². The molecule has 3 N–H and O–H groups in total. The van der Waals surface area contributed by atoms with Gasteiger partial charge in [-0.3, -0.25) is 9.89 Å². The lowest BCUT2D eigenvalue weighted by Gasteiger charge is -2.21. The molecular weight excluding hydrogens is 348 g/mol. The minimum absolute atomic E-state index is 0.0845. The zero-order valence-corrected chi connectivity index (χ0v) is 15.5. The molecule has 1 saturated heterocycles. The summed E-state index contributed by atoms with van der Waals surface area (Å²) in [6.07, 6.45) is 1.78. The van der Waals surface area contributed by atoms with E-state index in [4.69, 9.17) is 0 Å². The van der Waals surface area contributed by atoms with Gasteiger partial charge in [0.25, 0.3) is 0 Å². The Labute approximate surface area is 163 Å². The highest BCUT2D eigenvalue weighted by Crippen LogP contribution is 2.30. The van der Waals surface area contributed by atoms with Crippen LogP contribution in [0.4, 0.5) is 5.69 Å². The zero-order valence-electron chi connectivity index (χ0n) is 15.5. The Morgan fingerprint density at radius 3 is 2.64 bits per heavy atom. The van der Waals surface area contributed by atoms with Gasteiger partial charge in [0.1, 0.15) is 0 Å². The van der Waals surface area contributed by atoms with Gasteiger partial charge in [0, 0.05) is 22.6 Å². The van der Waals surface area contributed by atoms with Crippen LogP contribution < -0.4 is 10.6 Å². The molecule has 2 heterocycles. The molecule has 3 aromatic carbocycles. The smallest absolute Gasteiger partial charge is 0.227 e. The number of H-pyrrole nitrogens is 1. The number of rotatable bonds is 3. The van der Waals surface area contributed by atoms with Crippen LogP contribution in [-0.2, 0) is 4.79 Å². The van der Waals surface area contributed by atoms with Crippen LogP contribution in [0.25, 0.3) is 32.9 Å². The van der Waals surface area contributed by atoms with Crippen molar-refractivity contribution in [1.82, 2.24) is 15.5 Å². The third-order valence-corrected chi connectivity index (χ3v) is 5.56. The number of nitrogens with one attached hydrogen (secondary N) is 3. The predicted octanol–water partition coefficient (Wildman–Crippen LogP) is 4.32. The Morgan fingerprint density at radius 1 is 0.964 bits per heavy atom. The third kappa shape index (κ3) is 3.14. The molecule has 0 atom stereocenters. The Hall–Kier alpha value is -3.18. The van der Waals surface area contributed by atoms with Crippen LogP contribution in [0, 0.1) is 5.92 Å². The second-order valence-corrected chi connectivity index (χ2v) is 7.41. The number of aromatic nitrogens is 2. The first-order valence-corrected chi connectivity index (χ1v) is 9.77. The molecule has 0 bridgehead atoms. The number of carbonyl (C=O) groups is 1. The SMILES string of the molecule is O=C(Nc1ccc2[nH]nc(-c3ccc4ccccc4c3)c2c1)C1CCNCC1. The van der Waals surface area contributed by atoms with Crippen molar-refractivity contribution in [1.29, 1.82) is 0 Å². The first-order valence-electron chi connectivity index (χ1n) is 9.77. The number of amides is 1. The molecule has 1 fully saturated rings.